The summed E-state index contributed by atoms with van der Waals surface area (Å²) in [6.45, 7) is 0.410. The maximum Gasteiger partial charge on any atom is 0.320 e. The summed E-state index contributed by atoms with van der Waals surface area (Å²) in [7, 11) is 0. The molecule has 0 aliphatic carbocycles. The van der Waals surface area contributed by atoms with Crippen LogP contribution in [-0.4, -0.2) is 17.7 Å². The number of carbonyl (C=O) groups excluding carboxylic acids is 1. The zero-order valence-corrected chi connectivity index (χ0v) is 9.52. The molecule has 5 nitrogen and oxygen atoms in total. The lowest BCUT2D eigenvalue weighted by atomic mass is 10.1. The van der Waals surface area contributed by atoms with Crippen molar-refractivity contribution >= 4 is 11.8 Å². The third kappa shape index (κ3) is 3.58. The average molecular weight is 249 g/mol. The third-order valence-electron chi connectivity index (χ3n) is 2.27. The van der Waals surface area contributed by atoms with Gasteiger partial charge in [0.15, 0.2) is 5.82 Å². The molecule has 2 aromatic rings. The molecule has 0 fully saturated rings. The summed E-state index contributed by atoms with van der Waals surface area (Å²) < 4.78 is 17.5. The van der Waals surface area contributed by atoms with Crippen molar-refractivity contribution in [1.29, 1.82) is 0 Å². The highest BCUT2D eigenvalue weighted by Gasteiger charge is 2.03. The van der Waals surface area contributed by atoms with Crippen molar-refractivity contribution in [2.45, 2.75) is 6.42 Å². The summed E-state index contributed by atoms with van der Waals surface area (Å²) in [5.41, 5.74) is 0.830. The molecule has 0 bridgehead atoms. The van der Waals surface area contributed by atoms with Crippen LogP contribution in [-0.2, 0) is 6.42 Å². The third-order valence-corrected chi connectivity index (χ3v) is 2.27. The lowest BCUT2D eigenvalue weighted by Crippen LogP contribution is -2.30. The Bertz CT molecular complexity index is 514. The van der Waals surface area contributed by atoms with E-state index in [1.165, 1.54) is 24.5 Å². The van der Waals surface area contributed by atoms with Crippen molar-refractivity contribution in [3.63, 3.8) is 0 Å². The number of amides is 2. The first-order chi connectivity index (χ1) is 8.74. The van der Waals surface area contributed by atoms with Gasteiger partial charge in [-0.15, -0.1) is 0 Å². The van der Waals surface area contributed by atoms with Crippen LogP contribution in [0.25, 0.3) is 0 Å². The predicted octanol–water partition coefficient (Wildman–Crippen LogP) is 2.18. The summed E-state index contributed by atoms with van der Waals surface area (Å²) in [6, 6.07) is 7.43. The number of halogens is 1. The second-order valence-electron chi connectivity index (χ2n) is 3.65. The van der Waals surface area contributed by atoms with E-state index in [1.54, 1.807) is 12.1 Å². The van der Waals surface area contributed by atoms with Gasteiger partial charge in [-0.05, 0) is 24.1 Å². The van der Waals surface area contributed by atoms with Gasteiger partial charge < -0.3 is 9.84 Å². The van der Waals surface area contributed by atoms with Gasteiger partial charge in [0.2, 0.25) is 0 Å². The summed E-state index contributed by atoms with van der Waals surface area (Å²) in [4.78, 5) is 11.4. The number of urea groups is 1. The van der Waals surface area contributed by atoms with Crippen LogP contribution in [0.2, 0.25) is 0 Å². The van der Waals surface area contributed by atoms with E-state index >= 15 is 0 Å². The molecule has 0 unspecified atom stereocenters. The fourth-order valence-electron chi connectivity index (χ4n) is 1.45. The minimum atomic E-state index is -0.375. The van der Waals surface area contributed by atoms with Gasteiger partial charge in [-0.1, -0.05) is 17.3 Å². The van der Waals surface area contributed by atoms with Gasteiger partial charge in [0.1, 0.15) is 12.1 Å². The number of rotatable bonds is 4. The lowest BCUT2D eigenvalue weighted by molar-refractivity contribution is 0.252. The molecule has 0 spiro atoms. The molecular formula is C12H12FN3O2. The molecule has 2 amide bonds. The quantitative estimate of drug-likeness (QED) is 0.872. The molecule has 2 N–H and O–H groups in total. The standard InChI is InChI=1S/C12H12FN3O2/c13-10-3-1-2-9(8-10)4-6-14-12(17)15-11-5-7-18-16-11/h1-3,5,7-8H,4,6H2,(H2,14,15,16,17). The molecule has 1 heterocycles. The molecule has 1 aromatic carbocycles. The Morgan fingerprint density at radius 3 is 3.00 bits per heavy atom. The maximum atomic E-state index is 12.9. The monoisotopic (exact) mass is 249 g/mol. The minimum absolute atomic E-state index is 0.278. The van der Waals surface area contributed by atoms with Gasteiger partial charge in [0, 0.05) is 12.6 Å². The van der Waals surface area contributed by atoms with Crippen LogP contribution in [0.15, 0.2) is 41.1 Å². The van der Waals surface area contributed by atoms with Crippen molar-refractivity contribution in [2.24, 2.45) is 0 Å². The zero-order valence-electron chi connectivity index (χ0n) is 9.52. The Hall–Kier alpha value is -2.37. The molecule has 0 radical (unpaired) electrons. The van der Waals surface area contributed by atoms with Crippen molar-refractivity contribution < 1.29 is 13.7 Å². The second-order valence-corrected chi connectivity index (χ2v) is 3.65. The lowest BCUT2D eigenvalue weighted by Gasteiger charge is -2.05. The van der Waals surface area contributed by atoms with Crippen LogP contribution in [0, 0.1) is 5.82 Å². The SMILES string of the molecule is O=C(NCCc1cccc(F)c1)Nc1ccon1. The molecule has 0 atom stereocenters. The minimum Gasteiger partial charge on any atom is -0.363 e. The number of hydrogen-bond donors (Lipinski definition) is 2. The van der Waals surface area contributed by atoms with Crippen LogP contribution in [0.4, 0.5) is 15.0 Å². The van der Waals surface area contributed by atoms with Crippen LogP contribution in [0.3, 0.4) is 0 Å². The smallest absolute Gasteiger partial charge is 0.320 e. The molecule has 94 valence electrons. The summed E-state index contributed by atoms with van der Waals surface area (Å²) >= 11 is 0. The van der Waals surface area contributed by atoms with E-state index < -0.39 is 0 Å². The van der Waals surface area contributed by atoms with E-state index in [0.717, 1.165) is 5.56 Å². The highest BCUT2D eigenvalue weighted by molar-refractivity contribution is 5.87. The van der Waals surface area contributed by atoms with Gasteiger partial charge in [0.05, 0.1) is 0 Å². The fourth-order valence-corrected chi connectivity index (χ4v) is 1.45. The van der Waals surface area contributed by atoms with Crippen LogP contribution in [0.5, 0.6) is 0 Å². The number of aromatic nitrogens is 1. The maximum absolute atomic E-state index is 12.9. The highest BCUT2D eigenvalue weighted by atomic mass is 19.1. The van der Waals surface area contributed by atoms with Crippen molar-refractivity contribution in [3.8, 4) is 0 Å². The van der Waals surface area contributed by atoms with E-state index in [9.17, 15) is 9.18 Å². The Morgan fingerprint density at radius 2 is 2.28 bits per heavy atom. The van der Waals surface area contributed by atoms with Gasteiger partial charge in [-0.25, -0.2) is 9.18 Å². The molecular weight excluding hydrogens is 237 g/mol. The average Bonchev–Trinajstić information content (AvgIpc) is 2.82. The van der Waals surface area contributed by atoms with E-state index in [4.69, 9.17) is 0 Å². The van der Waals surface area contributed by atoms with E-state index in [1.807, 2.05) is 0 Å². The number of nitrogens with one attached hydrogen (secondary N) is 2. The fraction of sp³-hybridized carbons (Fsp3) is 0.167. The van der Waals surface area contributed by atoms with Crippen molar-refractivity contribution in [3.05, 3.63) is 48.0 Å². The second kappa shape index (κ2) is 5.81. The first-order valence-electron chi connectivity index (χ1n) is 5.44. The first kappa shape index (κ1) is 12.1. The molecule has 0 saturated carbocycles. The number of benzene rings is 1. The number of nitrogens with zero attached hydrogens (tertiary/aromatic N) is 1. The Labute approximate surface area is 103 Å². The highest BCUT2D eigenvalue weighted by Crippen LogP contribution is 2.04. The summed E-state index contributed by atoms with van der Waals surface area (Å²) in [5.74, 6) is 0.0674. The van der Waals surface area contributed by atoms with Crippen molar-refractivity contribution in [2.75, 3.05) is 11.9 Å². The summed E-state index contributed by atoms with van der Waals surface area (Å²) in [5, 5.41) is 8.66. The normalized spacial score (nSPS) is 10.1. The van der Waals surface area contributed by atoms with E-state index in [-0.39, 0.29) is 11.8 Å². The molecule has 18 heavy (non-hydrogen) atoms. The number of carbonyl (C=O) groups is 1. The number of hydrogen-bond acceptors (Lipinski definition) is 3. The summed E-state index contributed by atoms with van der Waals surface area (Å²) in [6.07, 6.45) is 1.92. The van der Waals surface area contributed by atoms with Gasteiger partial charge >= 0.3 is 6.03 Å². The molecule has 0 aliphatic rings. The van der Waals surface area contributed by atoms with Crippen LogP contribution < -0.4 is 10.6 Å². The molecule has 6 heteroatoms. The van der Waals surface area contributed by atoms with Gasteiger partial charge in [-0.3, -0.25) is 5.32 Å². The Balaban J connectivity index is 1.73. The molecule has 1 aromatic heterocycles. The molecule has 0 saturated heterocycles. The Kier molecular flexibility index (Phi) is 3.90. The molecule has 2 rings (SSSR count). The zero-order chi connectivity index (χ0) is 12.8. The van der Waals surface area contributed by atoms with E-state index in [2.05, 4.69) is 20.3 Å². The van der Waals surface area contributed by atoms with Crippen molar-refractivity contribution in [1.82, 2.24) is 10.5 Å². The number of anilines is 1. The topological polar surface area (TPSA) is 67.2 Å². The molecule has 0 aliphatic heterocycles. The van der Waals surface area contributed by atoms with Gasteiger partial charge in [-0.2, -0.15) is 0 Å². The van der Waals surface area contributed by atoms with E-state index in [0.29, 0.717) is 18.8 Å². The Morgan fingerprint density at radius 1 is 1.39 bits per heavy atom. The van der Waals surface area contributed by atoms with Gasteiger partial charge in [0.25, 0.3) is 0 Å². The largest absolute Gasteiger partial charge is 0.363 e. The first-order valence-corrected chi connectivity index (χ1v) is 5.44. The van der Waals surface area contributed by atoms with Crippen LogP contribution >= 0.6 is 0 Å². The predicted molar refractivity (Wildman–Crippen MR) is 63.6 cm³/mol. The van der Waals surface area contributed by atoms with Crippen LogP contribution in [0.1, 0.15) is 5.56 Å².